The molecule has 2 heterocycles. The number of nitrogens with zero attached hydrogens (tertiary/aromatic N) is 3. The highest BCUT2D eigenvalue weighted by Gasteiger charge is 2.08. The van der Waals surface area contributed by atoms with Gasteiger partial charge in [0.05, 0.1) is 5.69 Å². The lowest BCUT2D eigenvalue weighted by Crippen LogP contribution is -1.93. The highest BCUT2D eigenvalue weighted by Crippen LogP contribution is 2.22. The van der Waals surface area contributed by atoms with E-state index in [0.717, 1.165) is 16.8 Å². The van der Waals surface area contributed by atoms with Crippen molar-refractivity contribution >= 4 is 23.5 Å². The summed E-state index contributed by atoms with van der Waals surface area (Å²) in [5.41, 5.74) is 3.25. The van der Waals surface area contributed by atoms with Crippen LogP contribution < -0.4 is 0 Å². The van der Waals surface area contributed by atoms with E-state index >= 15 is 0 Å². The predicted octanol–water partition coefficient (Wildman–Crippen LogP) is 4.03. The Morgan fingerprint density at radius 3 is 2.52 bits per heavy atom. The molecule has 2 aromatic heterocycles. The number of ketones is 1. The van der Waals surface area contributed by atoms with E-state index in [-0.39, 0.29) is 5.78 Å². The Balaban J connectivity index is 1.88. The summed E-state index contributed by atoms with van der Waals surface area (Å²) in [7, 11) is 1.85. The molecule has 0 saturated heterocycles. The summed E-state index contributed by atoms with van der Waals surface area (Å²) in [5, 5.41) is 5.06. The zero-order valence-corrected chi connectivity index (χ0v) is 13.2. The zero-order chi connectivity index (χ0) is 16.2. The Kier molecular flexibility index (Phi) is 4.35. The summed E-state index contributed by atoms with van der Waals surface area (Å²) >= 11 is 5.84. The molecule has 3 rings (SSSR count). The normalized spacial score (nSPS) is 11.0. The zero-order valence-electron chi connectivity index (χ0n) is 12.5. The molecule has 0 fully saturated rings. The monoisotopic (exact) mass is 323 g/mol. The first kappa shape index (κ1) is 15.2. The Labute approximate surface area is 139 Å². The highest BCUT2D eigenvalue weighted by atomic mass is 35.5. The topological polar surface area (TPSA) is 47.8 Å². The van der Waals surface area contributed by atoms with Crippen molar-refractivity contribution in [2.45, 2.75) is 0 Å². The summed E-state index contributed by atoms with van der Waals surface area (Å²) in [5.74, 6) is -0.0776. The van der Waals surface area contributed by atoms with Crippen molar-refractivity contribution in [3.8, 4) is 11.3 Å². The van der Waals surface area contributed by atoms with Gasteiger partial charge in [0.15, 0.2) is 5.78 Å². The fourth-order valence-corrected chi connectivity index (χ4v) is 2.36. The first-order valence-electron chi connectivity index (χ1n) is 7.05. The molecule has 4 nitrogen and oxygen atoms in total. The van der Waals surface area contributed by atoms with E-state index in [1.54, 1.807) is 53.5 Å². The standard InChI is InChI=1S/C18H14ClN3O/c1-22-12-15(18(21-22)14-8-10-20-11-9-14)4-7-17(23)13-2-5-16(19)6-3-13/h2-12H,1H3/b7-4+. The van der Waals surface area contributed by atoms with Gasteiger partial charge < -0.3 is 0 Å². The fourth-order valence-electron chi connectivity index (χ4n) is 2.24. The number of benzene rings is 1. The molecule has 0 bridgehead atoms. The summed E-state index contributed by atoms with van der Waals surface area (Å²) < 4.78 is 1.72. The molecule has 0 amide bonds. The molecule has 0 aliphatic rings. The van der Waals surface area contributed by atoms with Crippen LogP contribution in [0.4, 0.5) is 0 Å². The van der Waals surface area contributed by atoms with Gasteiger partial charge in [0.1, 0.15) is 0 Å². The van der Waals surface area contributed by atoms with Crippen molar-refractivity contribution < 1.29 is 4.79 Å². The average molecular weight is 324 g/mol. The van der Waals surface area contributed by atoms with Gasteiger partial charge in [0.25, 0.3) is 0 Å². The number of halogens is 1. The van der Waals surface area contributed by atoms with Crippen molar-refractivity contribution in [1.29, 1.82) is 0 Å². The fraction of sp³-hybridized carbons (Fsp3) is 0.0556. The smallest absolute Gasteiger partial charge is 0.185 e. The second kappa shape index (κ2) is 6.58. The third-order valence-corrected chi connectivity index (χ3v) is 3.61. The van der Waals surface area contributed by atoms with E-state index in [4.69, 9.17) is 11.6 Å². The summed E-state index contributed by atoms with van der Waals surface area (Å²) in [6.07, 6.45) is 8.64. The molecule has 0 unspecified atom stereocenters. The highest BCUT2D eigenvalue weighted by molar-refractivity contribution is 6.30. The number of carbonyl (C=O) groups is 1. The lowest BCUT2D eigenvalue weighted by atomic mass is 10.1. The maximum absolute atomic E-state index is 12.2. The van der Waals surface area contributed by atoms with Crippen LogP contribution in [0, 0.1) is 0 Å². The molecule has 0 atom stereocenters. The lowest BCUT2D eigenvalue weighted by molar-refractivity contribution is 0.104. The Hall–Kier alpha value is -2.72. The van der Waals surface area contributed by atoms with Crippen LogP contribution in [0.25, 0.3) is 17.3 Å². The second-order valence-corrected chi connectivity index (χ2v) is 5.48. The SMILES string of the molecule is Cn1cc(/C=C/C(=O)c2ccc(Cl)cc2)c(-c2ccncc2)n1. The number of carbonyl (C=O) groups excluding carboxylic acids is 1. The lowest BCUT2D eigenvalue weighted by Gasteiger charge is -1.98. The number of hydrogen-bond acceptors (Lipinski definition) is 3. The molecule has 0 N–H and O–H groups in total. The summed E-state index contributed by atoms with van der Waals surface area (Å²) in [6, 6.07) is 10.6. The van der Waals surface area contributed by atoms with Gasteiger partial charge in [-0.05, 0) is 48.6 Å². The van der Waals surface area contributed by atoms with E-state index < -0.39 is 0 Å². The van der Waals surface area contributed by atoms with Gasteiger partial charge in [-0.3, -0.25) is 14.5 Å². The van der Waals surface area contributed by atoms with Gasteiger partial charge >= 0.3 is 0 Å². The van der Waals surface area contributed by atoms with Crippen LogP contribution in [0.3, 0.4) is 0 Å². The van der Waals surface area contributed by atoms with Gasteiger partial charge in [-0.25, -0.2) is 0 Å². The molecule has 0 aliphatic heterocycles. The van der Waals surface area contributed by atoms with Gasteiger partial charge in [-0.15, -0.1) is 0 Å². The van der Waals surface area contributed by atoms with Gasteiger partial charge in [-0.1, -0.05) is 11.6 Å². The minimum absolute atomic E-state index is 0.0776. The maximum atomic E-state index is 12.2. The van der Waals surface area contributed by atoms with Crippen LogP contribution in [0.1, 0.15) is 15.9 Å². The van der Waals surface area contributed by atoms with Crippen LogP contribution in [0.15, 0.2) is 61.1 Å². The van der Waals surface area contributed by atoms with Crippen molar-refractivity contribution in [2.24, 2.45) is 7.05 Å². The number of aryl methyl sites for hydroxylation is 1. The van der Waals surface area contributed by atoms with E-state index in [1.165, 1.54) is 0 Å². The molecule has 23 heavy (non-hydrogen) atoms. The number of pyridine rings is 1. The number of allylic oxidation sites excluding steroid dienone is 1. The molecule has 3 aromatic rings. The Bertz CT molecular complexity index is 852. The largest absolute Gasteiger partial charge is 0.289 e. The molecular weight excluding hydrogens is 310 g/mol. The maximum Gasteiger partial charge on any atom is 0.185 e. The van der Waals surface area contributed by atoms with Crippen LogP contribution in [0.5, 0.6) is 0 Å². The van der Waals surface area contributed by atoms with Crippen LogP contribution >= 0.6 is 11.6 Å². The average Bonchev–Trinajstić information content (AvgIpc) is 2.95. The molecule has 0 spiro atoms. The summed E-state index contributed by atoms with van der Waals surface area (Å²) in [6.45, 7) is 0. The first-order chi connectivity index (χ1) is 11.1. The van der Waals surface area contributed by atoms with Crippen molar-refractivity contribution in [1.82, 2.24) is 14.8 Å². The Morgan fingerprint density at radius 1 is 1.13 bits per heavy atom. The van der Waals surface area contributed by atoms with E-state index in [9.17, 15) is 4.79 Å². The number of hydrogen-bond donors (Lipinski definition) is 0. The third-order valence-electron chi connectivity index (χ3n) is 3.35. The minimum Gasteiger partial charge on any atom is -0.289 e. The van der Waals surface area contributed by atoms with Gasteiger partial charge in [-0.2, -0.15) is 5.10 Å². The molecule has 0 saturated carbocycles. The van der Waals surface area contributed by atoms with Crippen LogP contribution in [-0.4, -0.2) is 20.5 Å². The summed E-state index contributed by atoms with van der Waals surface area (Å²) in [4.78, 5) is 16.2. The Morgan fingerprint density at radius 2 is 1.83 bits per heavy atom. The predicted molar refractivity (Wildman–Crippen MR) is 91.3 cm³/mol. The van der Waals surface area contributed by atoms with E-state index in [1.807, 2.05) is 25.4 Å². The van der Waals surface area contributed by atoms with Gasteiger partial charge in [0, 0.05) is 47.4 Å². The van der Waals surface area contributed by atoms with Crippen molar-refractivity contribution in [3.63, 3.8) is 0 Å². The van der Waals surface area contributed by atoms with E-state index in [0.29, 0.717) is 10.6 Å². The molecular formula is C18H14ClN3O. The molecule has 1 aromatic carbocycles. The number of rotatable bonds is 4. The minimum atomic E-state index is -0.0776. The van der Waals surface area contributed by atoms with Crippen LogP contribution in [-0.2, 0) is 7.05 Å². The molecule has 114 valence electrons. The molecule has 5 heteroatoms. The number of aromatic nitrogens is 3. The molecule has 0 radical (unpaired) electrons. The van der Waals surface area contributed by atoms with E-state index in [2.05, 4.69) is 10.1 Å². The van der Waals surface area contributed by atoms with Gasteiger partial charge in [0.2, 0.25) is 0 Å². The van der Waals surface area contributed by atoms with Crippen molar-refractivity contribution in [2.75, 3.05) is 0 Å². The first-order valence-corrected chi connectivity index (χ1v) is 7.43. The van der Waals surface area contributed by atoms with Crippen molar-refractivity contribution in [3.05, 3.63) is 77.2 Å². The van der Waals surface area contributed by atoms with Crippen LogP contribution in [0.2, 0.25) is 5.02 Å². The molecule has 0 aliphatic carbocycles. The second-order valence-electron chi connectivity index (χ2n) is 5.05. The quantitative estimate of drug-likeness (QED) is 0.538. The third kappa shape index (κ3) is 3.55.